The fraction of sp³-hybridized carbons (Fsp3) is 0.462. The van der Waals surface area contributed by atoms with E-state index in [0.29, 0.717) is 17.9 Å². The van der Waals surface area contributed by atoms with Crippen molar-refractivity contribution < 1.29 is 19.4 Å². The third-order valence-corrected chi connectivity index (χ3v) is 2.81. The van der Waals surface area contributed by atoms with Gasteiger partial charge in [0.2, 0.25) is 0 Å². The van der Waals surface area contributed by atoms with Gasteiger partial charge in [0.05, 0.1) is 14.2 Å². The number of hydrogen-bond acceptors (Lipinski definition) is 4. The number of ether oxygens (including phenoxy) is 2. The van der Waals surface area contributed by atoms with Crippen molar-refractivity contribution in [2.24, 2.45) is 0 Å². The summed E-state index contributed by atoms with van der Waals surface area (Å²) >= 11 is 0. The van der Waals surface area contributed by atoms with Crippen molar-refractivity contribution >= 4 is 5.97 Å². The van der Waals surface area contributed by atoms with Crippen molar-refractivity contribution in [1.29, 1.82) is 0 Å². The molecule has 0 spiro atoms. The quantitative estimate of drug-likeness (QED) is 0.776. The topological polar surface area (TPSA) is 67.8 Å². The fourth-order valence-corrected chi connectivity index (χ4v) is 1.83. The largest absolute Gasteiger partial charge is 0.497 e. The molecule has 1 aromatic carbocycles. The molecule has 1 rings (SSSR count). The van der Waals surface area contributed by atoms with Gasteiger partial charge in [-0.2, -0.15) is 0 Å². The molecule has 0 saturated carbocycles. The minimum atomic E-state index is -0.803. The molecule has 0 aliphatic carbocycles. The Bertz CT molecular complexity index is 406. The molecular weight excluding hydrogens is 234 g/mol. The molecule has 0 aliphatic heterocycles. The van der Waals surface area contributed by atoms with Crippen LogP contribution < -0.4 is 14.8 Å². The fourth-order valence-electron chi connectivity index (χ4n) is 1.83. The van der Waals surface area contributed by atoms with E-state index in [1.54, 1.807) is 27.3 Å². The molecule has 18 heavy (non-hydrogen) atoms. The molecule has 0 fully saturated rings. The summed E-state index contributed by atoms with van der Waals surface area (Å²) < 4.78 is 10.4. The minimum Gasteiger partial charge on any atom is -0.497 e. The number of methoxy groups -OCH3 is 2. The molecule has 0 saturated heterocycles. The van der Waals surface area contributed by atoms with Gasteiger partial charge in [-0.25, -0.2) is 0 Å². The van der Waals surface area contributed by atoms with Gasteiger partial charge in [0.25, 0.3) is 0 Å². The zero-order valence-electron chi connectivity index (χ0n) is 10.9. The molecule has 2 N–H and O–H groups in total. The Labute approximate surface area is 107 Å². The SMILES string of the molecule is CNC(CCC(=O)O)c1ccc(OC)cc1OC. The Hall–Kier alpha value is -1.75. The number of aliphatic carboxylic acids is 1. The summed E-state index contributed by atoms with van der Waals surface area (Å²) in [7, 11) is 4.98. The third-order valence-electron chi connectivity index (χ3n) is 2.81. The number of rotatable bonds is 7. The van der Waals surface area contributed by atoms with E-state index >= 15 is 0 Å². The van der Waals surface area contributed by atoms with E-state index in [4.69, 9.17) is 14.6 Å². The molecule has 1 atom stereocenters. The van der Waals surface area contributed by atoms with Crippen LogP contribution >= 0.6 is 0 Å². The highest BCUT2D eigenvalue weighted by Crippen LogP contribution is 2.31. The smallest absolute Gasteiger partial charge is 0.303 e. The Kier molecular flexibility index (Phi) is 5.45. The van der Waals surface area contributed by atoms with Crippen LogP contribution in [0.25, 0.3) is 0 Å². The second kappa shape index (κ2) is 6.86. The molecule has 0 amide bonds. The molecule has 0 bridgehead atoms. The van der Waals surface area contributed by atoms with Crippen LogP contribution in [-0.4, -0.2) is 32.3 Å². The Morgan fingerprint density at radius 2 is 2.11 bits per heavy atom. The molecule has 0 aliphatic rings. The summed E-state index contributed by atoms with van der Waals surface area (Å²) in [6.45, 7) is 0. The van der Waals surface area contributed by atoms with E-state index in [1.807, 2.05) is 12.1 Å². The van der Waals surface area contributed by atoms with E-state index in [1.165, 1.54) is 0 Å². The molecule has 100 valence electrons. The zero-order valence-corrected chi connectivity index (χ0v) is 10.9. The van der Waals surface area contributed by atoms with Gasteiger partial charge in [-0.05, 0) is 19.5 Å². The maximum atomic E-state index is 10.6. The van der Waals surface area contributed by atoms with Crippen molar-refractivity contribution in [3.05, 3.63) is 23.8 Å². The van der Waals surface area contributed by atoms with Crippen LogP contribution in [0.15, 0.2) is 18.2 Å². The number of hydrogen-bond donors (Lipinski definition) is 2. The maximum Gasteiger partial charge on any atom is 0.303 e. The average molecular weight is 253 g/mol. The number of carbonyl (C=O) groups is 1. The minimum absolute atomic E-state index is 0.0537. The summed E-state index contributed by atoms with van der Waals surface area (Å²) in [5, 5.41) is 11.8. The van der Waals surface area contributed by atoms with Crippen LogP contribution in [0, 0.1) is 0 Å². The summed E-state index contributed by atoms with van der Waals surface area (Å²) in [5.74, 6) is 0.602. The van der Waals surface area contributed by atoms with Gasteiger partial charge in [-0.1, -0.05) is 6.07 Å². The number of carboxylic acids is 1. The first-order valence-corrected chi connectivity index (χ1v) is 5.73. The van der Waals surface area contributed by atoms with Gasteiger partial charge in [0.15, 0.2) is 0 Å². The number of nitrogens with one attached hydrogen (secondary N) is 1. The maximum absolute atomic E-state index is 10.6. The van der Waals surface area contributed by atoms with Gasteiger partial charge in [-0.3, -0.25) is 4.79 Å². The van der Waals surface area contributed by atoms with Crippen LogP contribution in [0.3, 0.4) is 0 Å². The van der Waals surface area contributed by atoms with Gasteiger partial charge in [0.1, 0.15) is 11.5 Å². The van der Waals surface area contributed by atoms with Gasteiger partial charge < -0.3 is 19.9 Å². The summed E-state index contributed by atoms with van der Waals surface area (Å²) in [5.41, 5.74) is 0.932. The monoisotopic (exact) mass is 253 g/mol. The Morgan fingerprint density at radius 3 is 2.61 bits per heavy atom. The molecule has 1 unspecified atom stereocenters. The normalized spacial score (nSPS) is 11.9. The Balaban J connectivity index is 2.93. The highest BCUT2D eigenvalue weighted by molar-refractivity contribution is 5.66. The van der Waals surface area contributed by atoms with Crippen molar-refractivity contribution in [1.82, 2.24) is 5.32 Å². The van der Waals surface area contributed by atoms with Crippen molar-refractivity contribution in [3.8, 4) is 11.5 Å². The summed E-state index contributed by atoms with van der Waals surface area (Å²) in [6.07, 6.45) is 0.620. The molecule has 5 heteroatoms. The lowest BCUT2D eigenvalue weighted by molar-refractivity contribution is -0.137. The predicted molar refractivity (Wildman–Crippen MR) is 68.2 cm³/mol. The van der Waals surface area contributed by atoms with E-state index in [2.05, 4.69) is 5.32 Å². The lowest BCUT2D eigenvalue weighted by Gasteiger charge is -2.19. The van der Waals surface area contributed by atoms with Crippen LogP contribution in [-0.2, 0) is 4.79 Å². The summed E-state index contributed by atoms with van der Waals surface area (Å²) in [4.78, 5) is 10.6. The van der Waals surface area contributed by atoms with Crippen LogP contribution in [0.2, 0.25) is 0 Å². The van der Waals surface area contributed by atoms with E-state index < -0.39 is 5.97 Å². The van der Waals surface area contributed by atoms with Crippen LogP contribution in [0.4, 0.5) is 0 Å². The lowest BCUT2D eigenvalue weighted by atomic mass is 10.0. The first-order valence-electron chi connectivity index (χ1n) is 5.73. The van der Waals surface area contributed by atoms with Crippen LogP contribution in [0.1, 0.15) is 24.4 Å². The first-order chi connectivity index (χ1) is 8.62. The van der Waals surface area contributed by atoms with Crippen molar-refractivity contribution in [2.45, 2.75) is 18.9 Å². The average Bonchev–Trinajstić information content (AvgIpc) is 2.39. The van der Waals surface area contributed by atoms with E-state index in [9.17, 15) is 4.79 Å². The second-order valence-corrected chi connectivity index (χ2v) is 3.88. The predicted octanol–water partition coefficient (Wildman–Crippen LogP) is 1.83. The molecular formula is C13H19NO4. The van der Waals surface area contributed by atoms with E-state index in [0.717, 1.165) is 5.56 Å². The van der Waals surface area contributed by atoms with Crippen molar-refractivity contribution in [3.63, 3.8) is 0 Å². The molecule has 0 aromatic heterocycles. The number of benzene rings is 1. The summed E-state index contributed by atoms with van der Waals surface area (Å²) in [6, 6.07) is 5.46. The lowest BCUT2D eigenvalue weighted by Crippen LogP contribution is -2.18. The number of carboxylic acid groups (broad SMARTS) is 1. The van der Waals surface area contributed by atoms with Crippen LogP contribution in [0.5, 0.6) is 11.5 Å². The van der Waals surface area contributed by atoms with Gasteiger partial charge in [-0.15, -0.1) is 0 Å². The van der Waals surface area contributed by atoms with Crippen molar-refractivity contribution in [2.75, 3.05) is 21.3 Å². The molecule has 1 aromatic rings. The van der Waals surface area contributed by atoms with E-state index in [-0.39, 0.29) is 12.5 Å². The van der Waals surface area contributed by atoms with Gasteiger partial charge in [0, 0.05) is 24.1 Å². The Morgan fingerprint density at radius 1 is 1.39 bits per heavy atom. The highest BCUT2D eigenvalue weighted by atomic mass is 16.5. The molecule has 0 radical (unpaired) electrons. The van der Waals surface area contributed by atoms with Gasteiger partial charge >= 0.3 is 5.97 Å². The standard InChI is InChI=1S/C13H19NO4/c1-14-11(6-7-13(15)16)10-5-4-9(17-2)8-12(10)18-3/h4-5,8,11,14H,6-7H2,1-3H3,(H,15,16). The molecule has 0 heterocycles. The first kappa shape index (κ1) is 14.3. The highest BCUT2D eigenvalue weighted by Gasteiger charge is 2.16. The third kappa shape index (κ3) is 3.63. The second-order valence-electron chi connectivity index (χ2n) is 3.88. The zero-order chi connectivity index (χ0) is 13.5. The molecule has 5 nitrogen and oxygen atoms in total.